The molecule has 0 atom stereocenters. The SMILES string of the molecule is O=C(NCCc1ccccn1)c1ccc(Nc2nccc(-c3ccc(Cl)cc3)n2)cc1. The van der Waals surface area contributed by atoms with E-state index in [9.17, 15) is 4.79 Å². The van der Waals surface area contributed by atoms with Gasteiger partial charge in [-0.05, 0) is 54.6 Å². The monoisotopic (exact) mass is 429 g/mol. The van der Waals surface area contributed by atoms with E-state index in [0.717, 1.165) is 22.6 Å². The van der Waals surface area contributed by atoms with Gasteiger partial charge >= 0.3 is 0 Å². The maximum atomic E-state index is 12.3. The van der Waals surface area contributed by atoms with Crippen molar-refractivity contribution in [2.75, 3.05) is 11.9 Å². The third-order valence-corrected chi connectivity index (χ3v) is 4.84. The highest BCUT2D eigenvalue weighted by molar-refractivity contribution is 6.30. The molecule has 2 aromatic carbocycles. The first-order chi connectivity index (χ1) is 15.2. The number of hydrogen-bond acceptors (Lipinski definition) is 5. The molecule has 2 N–H and O–H groups in total. The molecular formula is C24H20ClN5O. The van der Waals surface area contributed by atoms with Gasteiger partial charge in [0.25, 0.3) is 5.91 Å². The fourth-order valence-electron chi connectivity index (χ4n) is 2.99. The highest BCUT2D eigenvalue weighted by atomic mass is 35.5. The zero-order chi connectivity index (χ0) is 21.5. The lowest BCUT2D eigenvalue weighted by atomic mass is 10.1. The molecule has 31 heavy (non-hydrogen) atoms. The Labute approximate surface area is 185 Å². The van der Waals surface area contributed by atoms with Crippen LogP contribution >= 0.6 is 11.6 Å². The van der Waals surface area contributed by atoms with Crippen molar-refractivity contribution in [2.24, 2.45) is 0 Å². The largest absolute Gasteiger partial charge is 0.352 e. The van der Waals surface area contributed by atoms with Gasteiger partial charge in [0.2, 0.25) is 5.95 Å². The van der Waals surface area contributed by atoms with Crippen molar-refractivity contribution in [3.8, 4) is 11.3 Å². The quantitative estimate of drug-likeness (QED) is 0.436. The Balaban J connectivity index is 1.35. The molecule has 0 aliphatic rings. The second-order valence-electron chi connectivity index (χ2n) is 6.80. The minimum Gasteiger partial charge on any atom is -0.352 e. The van der Waals surface area contributed by atoms with Crippen LogP contribution in [-0.4, -0.2) is 27.4 Å². The van der Waals surface area contributed by atoms with Crippen LogP contribution in [-0.2, 0) is 6.42 Å². The van der Waals surface area contributed by atoms with Crippen LogP contribution < -0.4 is 10.6 Å². The third-order valence-electron chi connectivity index (χ3n) is 4.59. The van der Waals surface area contributed by atoms with Crippen molar-refractivity contribution in [2.45, 2.75) is 6.42 Å². The maximum Gasteiger partial charge on any atom is 0.251 e. The van der Waals surface area contributed by atoms with Gasteiger partial charge in [0.05, 0.1) is 5.69 Å². The number of halogens is 1. The van der Waals surface area contributed by atoms with E-state index in [1.807, 2.05) is 60.7 Å². The van der Waals surface area contributed by atoms with Gasteiger partial charge in [-0.2, -0.15) is 0 Å². The molecule has 2 aromatic heterocycles. The van der Waals surface area contributed by atoms with E-state index in [-0.39, 0.29) is 5.91 Å². The number of amides is 1. The van der Waals surface area contributed by atoms with E-state index in [0.29, 0.717) is 29.5 Å². The molecule has 0 radical (unpaired) electrons. The molecule has 0 saturated carbocycles. The fourth-order valence-corrected chi connectivity index (χ4v) is 3.11. The van der Waals surface area contributed by atoms with Gasteiger partial charge in [0.15, 0.2) is 0 Å². The van der Waals surface area contributed by atoms with E-state index < -0.39 is 0 Å². The summed E-state index contributed by atoms with van der Waals surface area (Å²) in [4.78, 5) is 25.4. The number of aromatic nitrogens is 3. The Morgan fingerprint density at radius 2 is 1.68 bits per heavy atom. The van der Waals surface area contributed by atoms with Crippen LogP contribution in [0.1, 0.15) is 16.1 Å². The molecule has 2 heterocycles. The smallest absolute Gasteiger partial charge is 0.251 e. The van der Waals surface area contributed by atoms with E-state index in [1.165, 1.54) is 0 Å². The number of hydrogen-bond donors (Lipinski definition) is 2. The summed E-state index contributed by atoms with van der Waals surface area (Å²) >= 11 is 5.95. The number of pyridine rings is 1. The molecule has 0 bridgehead atoms. The molecule has 6 nitrogen and oxygen atoms in total. The van der Waals surface area contributed by atoms with Crippen LogP contribution in [0, 0.1) is 0 Å². The Morgan fingerprint density at radius 1 is 0.871 bits per heavy atom. The molecule has 154 valence electrons. The van der Waals surface area contributed by atoms with Crippen molar-refractivity contribution in [3.63, 3.8) is 0 Å². The minimum atomic E-state index is -0.122. The summed E-state index contributed by atoms with van der Waals surface area (Å²) in [5, 5.41) is 6.76. The summed E-state index contributed by atoms with van der Waals surface area (Å²) in [6.07, 6.45) is 4.13. The molecule has 0 aliphatic carbocycles. The van der Waals surface area contributed by atoms with E-state index in [4.69, 9.17) is 11.6 Å². The Morgan fingerprint density at radius 3 is 2.42 bits per heavy atom. The third kappa shape index (κ3) is 5.65. The van der Waals surface area contributed by atoms with Gasteiger partial charge in [-0.3, -0.25) is 9.78 Å². The van der Waals surface area contributed by atoms with Crippen LogP contribution in [0.3, 0.4) is 0 Å². The molecule has 0 fully saturated rings. The average Bonchev–Trinajstić information content (AvgIpc) is 2.81. The van der Waals surface area contributed by atoms with Crippen molar-refractivity contribution >= 4 is 29.1 Å². The average molecular weight is 430 g/mol. The summed E-state index contributed by atoms with van der Waals surface area (Å²) in [5.41, 5.74) is 4.06. The van der Waals surface area contributed by atoms with Crippen LogP contribution in [0.4, 0.5) is 11.6 Å². The number of nitrogens with one attached hydrogen (secondary N) is 2. The lowest BCUT2D eigenvalue weighted by Gasteiger charge is -2.08. The van der Waals surface area contributed by atoms with Crippen LogP contribution in [0.5, 0.6) is 0 Å². The Hall–Kier alpha value is -3.77. The van der Waals surface area contributed by atoms with Crippen LogP contribution in [0.2, 0.25) is 5.02 Å². The fraction of sp³-hybridized carbons (Fsp3) is 0.0833. The molecule has 0 saturated heterocycles. The molecule has 7 heteroatoms. The van der Waals surface area contributed by atoms with Crippen molar-refractivity contribution in [1.29, 1.82) is 0 Å². The summed E-state index contributed by atoms with van der Waals surface area (Å²) in [7, 11) is 0. The minimum absolute atomic E-state index is 0.122. The zero-order valence-electron chi connectivity index (χ0n) is 16.6. The topological polar surface area (TPSA) is 79.8 Å². The van der Waals surface area contributed by atoms with E-state index in [1.54, 1.807) is 24.5 Å². The highest BCUT2D eigenvalue weighted by Gasteiger charge is 2.07. The Bertz CT molecular complexity index is 1150. The predicted molar refractivity (Wildman–Crippen MR) is 122 cm³/mol. The first-order valence-corrected chi connectivity index (χ1v) is 10.2. The van der Waals surface area contributed by atoms with Gasteiger partial charge < -0.3 is 10.6 Å². The van der Waals surface area contributed by atoms with Crippen molar-refractivity contribution < 1.29 is 4.79 Å². The van der Waals surface area contributed by atoms with E-state index in [2.05, 4.69) is 25.6 Å². The van der Waals surface area contributed by atoms with Gasteiger partial charge in [-0.25, -0.2) is 9.97 Å². The summed E-state index contributed by atoms with van der Waals surface area (Å²) < 4.78 is 0. The number of nitrogens with zero attached hydrogens (tertiary/aromatic N) is 3. The molecule has 1 amide bonds. The Kier molecular flexibility index (Phi) is 6.50. The first-order valence-electron chi connectivity index (χ1n) is 9.81. The summed E-state index contributed by atoms with van der Waals surface area (Å²) in [6, 6.07) is 22.2. The number of carbonyl (C=O) groups excluding carboxylic acids is 1. The molecule has 0 unspecified atom stereocenters. The van der Waals surface area contributed by atoms with Crippen LogP contribution in [0.25, 0.3) is 11.3 Å². The highest BCUT2D eigenvalue weighted by Crippen LogP contribution is 2.21. The van der Waals surface area contributed by atoms with Gasteiger partial charge in [0, 0.05) is 52.9 Å². The molecule has 0 spiro atoms. The summed E-state index contributed by atoms with van der Waals surface area (Å²) in [5.74, 6) is 0.350. The zero-order valence-corrected chi connectivity index (χ0v) is 17.4. The second kappa shape index (κ2) is 9.82. The normalized spacial score (nSPS) is 10.5. The van der Waals surface area contributed by atoms with Gasteiger partial charge in [-0.1, -0.05) is 29.8 Å². The number of benzene rings is 2. The van der Waals surface area contributed by atoms with Gasteiger partial charge in [0.1, 0.15) is 0 Å². The number of anilines is 2. The lowest BCUT2D eigenvalue weighted by Crippen LogP contribution is -2.25. The molecular weight excluding hydrogens is 410 g/mol. The first kappa shape index (κ1) is 20.5. The second-order valence-corrected chi connectivity index (χ2v) is 7.24. The molecule has 4 rings (SSSR count). The van der Waals surface area contributed by atoms with Gasteiger partial charge in [-0.15, -0.1) is 0 Å². The number of carbonyl (C=O) groups is 1. The van der Waals surface area contributed by atoms with Crippen molar-refractivity contribution in [1.82, 2.24) is 20.3 Å². The van der Waals surface area contributed by atoms with Crippen molar-refractivity contribution in [3.05, 3.63) is 101 Å². The lowest BCUT2D eigenvalue weighted by molar-refractivity contribution is 0.0954. The summed E-state index contributed by atoms with van der Waals surface area (Å²) in [6.45, 7) is 0.529. The predicted octanol–water partition coefficient (Wildman–Crippen LogP) is 4.91. The maximum absolute atomic E-state index is 12.3. The molecule has 4 aromatic rings. The standard InChI is InChI=1S/C24H20ClN5O/c25-19-8-4-17(5-9-19)22-13-16-28-24(30-22)29-21-10-6-18(7-11-21)23(31)27-15-12-20-3-1-2-14-26-20/h1-11,13-14,16H,12,15H2,(H,27,31)(H,28,29,30). The van der Waals surface area contributed by atoms with E-state index >= 15 is 0 Å². The molecule has 0 aliphatic heterocycles. The van der Waals surface area contributed by atoms with Crippen LogP contribution in [0.15, 0.2) is 85.2 Å². The number of rotatable bonds is 7.